The number of benzene rings is 1. The van der Waals surface area contributed by atoms with E-state index in [1.807, 2.05) is 30.3 Å². The van der Waals surface area contributed by atoms with Gasteiger partial charge in [0.25, 0.3) is 0 Å². The Morgan fingerprint density at radius 1 is 1.15 bits per heavy atom. The molecule has 0 aliphatic rings. The molecule has 2 N–H and O–H groups in total. The zero-order valence-corrected chi connectivity index (χ0v) is 16.8. The van der Waals surface area contributed by atoms with Crippen LogP contribution in [0.15, 0.2) is 42.1 Å². The zero-order chi connectivity index (χ0) is 20.4. The highest BCUT2D eigenvalue weighted by molar-refractivity contribution is 5.86. The number of allylic oxidation sites excluding steroid dienone is 2. The second-order valence-corrected chi connectivity index (χ2v) is 7.48. The minimum Gasteiger partial charge on any atom is -0.444 e. The Kier molecular flexibility index (Phi) is 8.72. The normalized spacial score (nSPS) is 12.9. The van der Waals surface area contributed by atoms with Gasteiger partial charge in [-0.1, -0.05) is 36.4 Å². The summed E-state index contributed by atoms with van der Waals surface area (Å²) in [5.74, 6) is -0.342. The Hall–Kier alpha value is -2.63. The first-order valence-corrected chi connectivity index (χ1v) is 9.09. The number of hydrogen-bond donors (Lipinski definition) is 2. The zero-order valence-electron chi connectivity index (χ0n) is 16.8. The summed E-state index contributed by atoms with van der Waals surface area (Å²) < 4.78 is 5.16. The molecule has 0 heterocycles. The first-order chi connectivity index (χ1) is 12.6. The lowest BCUT2D eigenvalue weighted by atomic mass is 10.1. The fraction of sp³-hybridized carbons (Fsp3) is 0.476. The van der Waals surface area contributed by atoms with Crippen molar-refractivity contribution >= 4 is 17.8 Å². The summed E-state index contributed by atoms with van der Waals surface area (Å²) in [5, 5.41) is 5.32. The molecule has 0 aliphatic heterocycles. The molecule has 1 rings (SSSR count). The van der Waals surface area contributed by atoms with Crippen LogP contribution in [0.5, 0.6) is 0 Å². The first-order valence-electron chi connectivity index (χ1n) is 9.09. The molecule has 27 heavy (non-hydrogen) atoms. The molecule has 1 atom stereocenters. The lowest BCUT2D eigenvalue weighted by Gasteiger charge is -2.22. The van der Waals surface area contributed by atoms with Crippen LogP contribution in [0.1, 0.15) is 53.0 Å². The maximum atomic E-state index is 12.4. The molecule has 1 aromatic carbocycles. The number of ether oxygens (including phenoxy) is 1. The molecule has 0 fully saturated rings. The number of carbonyl (C=O) groups excluding carboxylic acids is 3. The predicted molar refractivity (Wildman–Crippen MR) is 105 cm³/mol. The Labute approximate surface area is 161 Å². The Balaban J connectivity index is 2.67. The van der Waals surface area contributed by atoms with E-state index in [1.165, 1.54) is 6.92 Å². The van der Waals surface area contributed by atoms with E-state index in [0.29, 0.717) is 12.1 Å². The van der Waals surface area contributed by atoms with Crippen molar-refractivity contribution < 1.29 is 19.1 Å². The average Bonchev–Trinajstić information content (AvgIpc) is 2.56. The highest BCUT2D eigenvalue weighted by atomic mass is 16.6. The highest BCUT2D eigenvalue weighted by Crippen LogP contribution is 2.09. The van der Waals surface area contributed by atoms with Crippen LogP contribution in [-0.4, -0.2) is 29.4 Å². The van der Waals surface area contributed by atoms with Crippen LogP contribution < -0.4 is 10.6 Å². The number of ketones is 1. The quantitative estimate of drug-likeness (QED) is 0.729. The van der Waals surface area contributed by atoms with Crippen molar-refractivity contribution in [2.45, 2.75) is 65.5 Å². The smallest absolute Gasteiger partial charge is 0.408 e. The molecule has 1 aromatic rings. The van der Waals surface area contributed by atoms with Crippen LogP contribution in [0.4, 0.5) is 4.79 Å². The Bertz CT molecular complexity index is 675. The molecule has 0 saturated carbocycles. The van der Waals surface area contributed by atoms with Gasteiger partial charge in [0.15, 0.2) is 0 Å². The van der Waals surface area contributed by atoms with Gasteiger partial charge in [0, 0.05) is 12.1 Å². The van der Waals surface area contributed by atoms with Crippen molar-refractivity contribution in [3.8, 4) is 0 Å². The van der Waals surface area contributed by atoms with Gasteiger partial charge in [-0.3, -0.25) is 9.59 Å². The van der Waals surface area contributed by atoms with E-state index in [9.17, 15) is 14.4 Å². The Morgan fingerprint density at radius 2 is 1.78 bits per heavy atom. The lowest BCUT2D eigenvalue weighted by Crippen LogP contribution is -2.46. The van der Waals surface area contributed by atoms with Crippen molar-refractivity contribution in [2.75, 3.05) is 0 Å². The molecule has 148 valence electrons. The summed E-state index contributed by atoms with van der Waals surface area (Å²) in [5.41, 5.74) is 1.17. The van der Waals surface area contributed by atoms with Crippen LogP contribution in [0, 0.1) is 0 Å². The average molecular weight is 374 g/mol. The topological polar surface area (TPSA) is 84.5 Å². The molecule has 0 bridgehead atoms. The number of carbonyl (C=O) groups is 3. The second kappa shape index (κ2) is 10.5. The van der Waals surface area contributed by atoms with Crippen molar-refractivity contribution in [3.63, 3.8) is 0 Å². The lowest BCUT2D eigenvalue weighted by molar-refractivity contribution is -0.122. The van der Waals surface area contributed by atoms with E-state index in [-0.39, 0.29) is 18.1 Å². The van der Waals surface area contributed by atoms with Gasteiger partial charge in [-0.05, 0) is 53.0 Å². The minimum atomic E-state index is -0.766. The fourth-order valence-electron chi connectivity index (χ4n) is 2.22. The number of nitrogens with one attached hydrogen (secondary N) is 2. The summed E-state index contributed by atoms with van der Waals surface area (Å²) in [7, 11) is 0. The summed E-state index contributed by atoms with van der Waals surface area (Å²) in [6, 6.07) is 9.12. The van der Waals surface area contributed by atoms with Crippen LogP contribution in [-0.2, 0) is 20.7 Å². The van der Waals surface area contributed by atoms with Crippen molar-refractivity contribution in [1.82, 2.24) is 10.6 Å². The summed E-state index contributed by atoms with van der Waals surface area (Å²) >= 11 is 0. The Morgan fingerprint density at radius 3 is 2.33 bits per heavy atom. The van der Waals surface area contributed by atoms with E-state index in [0.717, 1.165) is 12.0 Å². The molecule has 0 spiro atoms. The maximum Gasteiger partial charge on any atom is 0.408 e. The molecule has 0 saturated heterocycles. The molecule has 0 aliphatic carbocycles. The molecular formula is C21H30N2O4. The van der Waals surface area contributed by atoms with Crippen LogP contribution >= 0.6 is 0 Å². The van der Waals surface area contributed by atoms with Crippen LogP contribution in [0.2, 0.25) is 0 Å². The van der Waals surface area contributed by atoms with E-state index in [2.05, 4.69) is 10.6 Å². The van der Waals surface area contributed by atoms with Gasteiger partial charge >= 0.3 is 6.09 Å². The van der Waals surface area contributed by atoms with Gasteiger partial charge in [-0.15, -0.1) is 0 Å². The van der Waals surface area contributed by atoms with E-state index < -0.39 is 17.7 Å². The highest BCUT2D eigenvalue weighted by Gasteiger charge is 2.21. The number of hydrogen-bond acceptors (Lipinski definition) is 4. The van der Waals surface area contributed by atoms with E-state index in [1.54, 1.807) is 33.8 Å². The first kappa shape index (κ1) is 22.4. The predicted octanol–water partition coefficient (Wildman–Crippen LogP) is 3.51. The van der Waals surface area contributed by atoms with Gasteiger partial charge in [-0.2, -0.15) is 0 Å². The summed E-state index contributed by atoms with van der Waals surface area (Å²) in [4.78, 5) is 35.5. The van der Waals surface area contributed by atoms with E-state index in [4.69, 9.17) is 4.74 Å². The molecule has 0 radical (unpaired) electrons. The summed E-state index contributed by atoms with van der Waals surface area (Å²) in [6.45, 7) is 8.34. The van der Waals surface area contributed by atoms with Crippen molar-refractivity contribution in [1.29, 1.82) is 0 Å². The number of Topliss-reactive ketones (excluding diaryl/α,β-unsaturated/α-hetero) is 1. The third-order valence-electron chi connectivity index (χ3n) is 3.57. The van der Waals surface area contributed by atoms with Gasteiger partial charge in [0.2, 0.25) is 5.91 Å². The third kappa shape index (κ3) is 10.2. The van der Waals surface area contributed by atoms with Gasteiger partial charge in [-0.25, -0.2) is 4.79 Å². The SMILES string of the molecule is CC(=O)C/C=C(\CCc1ccccc1)NC(=O)C(C)NC(=O)OC(C)(C)C. The fourth-order valence-corrected chi connectivity index (χ4v) is 2.22. The van der Waals surface area contributed by atoms with Gasteiger partial charge in [0.1, 0.15) is 17.4 Å². The molecule has 6 nitrogen and oxygen atoms in total. The largest absolute Gasteiger partial charge is 0.444 e. The number of aryl methyl sites for hydroxylation is 1. The van der Waals surface area contributed by atoms with Gasteiger partial charge in [0.05, 0.1) is 0 Å². The molecular weight excluding hydrogens is 344 g/mol. The number of rotatable bonds is 8. The van der Waals surface area contributed by atoms with Crippen LogP contribution in [0.25, 0.3) is 0 Å². The maximum absolute atomic E-state index is 12.4. The molecule has 0 aromatic heterocycles. The standard InChI is InChI=1S/C21H30N2O4/c1-15(24)11-13-18(14-12-17-9-7-6-8-10-17)23-19(25)16(2)22-20(26)27-21(3,4)5/h6-10,13,16H,11-12,14H2,1-5H3,(H,22,26)(H,23,25)/b18-13+. The number of alkyl carbamates (subject to hydrolysis) is 1. The van der Waals surface area contributed by atoms with Crippen molar-refractivity contribution in [2.24, 2.45) is 0 Å². The van der Waals surface area contributed by atoms with E-state index >= 15 is 0 Å². The molecule has 1 unspecified atom stereocenters. The second-order valence-electron chi connectivity index (χ2n) is 7.48. The molecule has 2 amide bonds. The minimum absolute atomic E-state index is 0.0152. The van der Waals surface area contributed by atoms with Crippen LogP contribution in [0.3, 0.4) is 0 Å². The molecule has 6 heteroatoms. The third-order valence-corrected chi connectivity index (χ3v) is 3.57. The number of amides is 2. The summed E-state index contributed by atoms with van der Waals surface area (Å²) in [6.07, 6.45) is 2.64. The monoisotopic (exact) mass is 374 g/mol. The van der Waals surface area contributed by atoms with Crippen molar-refractivity contribution in [3.05, 3.63) is 47.7 Å². The van der Waals surface area contributed by atoms with Gasteiger partial charge < -0.3 is 15.4 Å².